The number of hydrogen-bond donors (Lipinski definition) is 0. The molecule has 26 heavy (non-hydrogen) atoms. The molecule has 0 bridgehead atoms. The molecule has 3 heteroatoms. The topological polar surface area (TPSA) is 33.2 Å². The zero-order valence-electron chi connectivity index (χ0n) is 14.8. The Labute approximate surface area is 154 Å². The molecule has 1 aliphatic rings. The summed E-state index contributed by atoms with van der Waals surface area (Å²) in [5.74, 6) is 0.252. The summed E-state index contributed by atoms with van der Waals surface area (Å²) in [6.45, 7) is 1.92. The van der Waals surface area contributed by atoms with Gasteiger partial charge in [-0.2, -0.15) is 0 Å². The summed E-state index contributed by atoms with van der Waals surface area (Å²) in [7, 11) is 0. The van der Waals surface area contributed by atoms with Crippen molar-refractivity contribution in [3.05, 3.63) is 95.3 Å². The molecule has 0 atom stereocenters. The molecule has 0 spiro atoms. The molecule has 0 amide bonds. The highest BCUT2D eigenvalue weighted by Gasteiger charge is 2.16. The second kappa shape index (κ2) is 7.52. The summed E-state index contributed by atoms with van der Waals surface area (Å²) < 4.78 is 0. The number of anilines is 1. The van der Waals surface area contributed by atoms with Crippen LogP contribution in [0.3, 0.4) is 0 Å². The number of rotatable bonds is 5. The Kier molecular flexibility index (Phi) is 4.78. The van der Waals surface area contributed by atoms with E-state index in [-0.39, 0.29) is 5.78 Å². The predicted molar refractivity (Wildman–Crippen MR) is 104 cm³/mol. The second-order valence-electron chi connectivity index (χ2n) is 6.86. The number of pyridine rings is 1. The lowest BCUT2D eigenvalue weighted by Gasteiger charge is -2.30. The number of benzene rings is 2. The van der Waals surface area contributed by atoms with Crippen LogP contribution >= 0.6 is 0 Å². The maximum absolute atomic E-state index is 12.3. The normalized spacial score (nSPS) is 13.3. The fourth-order valence-electron chi connectivity index (χ4n) is 3.54. The number of nitrogens with zero attached hydrogens (tertiary/aromatic N) is 2. The summed E-state index contributed by atoms with van der Waals surface area (Å²) >= 11 is 0. The van der Waals surface area contributed by atoms with E-state index in [0.29, 0.717) is 12.8 Å². The first-order chi connectivity index (χ1) is 12.8. The van der Waals surface area contributed by atoms with Gasteiger partial charge in [-0.1, -0.05) is 42.5 Å². The van der Waals surface area contributed by atoms with Crippen LogP contribution in [0.15, 0.2) is 73.1 Å². The Morgan fingerprint density at radius 3 is 2.38 bits per heavy atom. The van der Waals surface area contributed by atoms with E-state index in [1.807, 2.05) is 42.7 Å². The first-order valence-electron chi connectivity index (χ1n) is 9.09. The van der Waals surface area contributed by atoms with Crippen LogP contribution in [-0.2, 0) is 30.6 Å². The highest BCUT2D eigenvalue weighted by atomic mass is 16.1. The lowest BCUT2D eigenvalue weighted by atomic mass is 10.0. The van der Waals surface area contributed by atoms with Gasteiger partial charge in [0.2, 0.25) is 0 Å². The van der Waals surface area contributed by atoms with Crippen molar-refractivity contribution >= 4 is 11.5 Å². The molecule has 0 saturated carbocycles. The van der Waals surface area contributed by atoms with Crippen molar-refractivity contribution in [1.82, 2.24) is 4.98 Å². The van der Waals surface area contributed by atoms with Gasteiger partial charge >= 0.3 is 0 Å². The number of hydrogen-bond acceptors (Lipinski definition) is 3. The van der Waals surface area contributed by atoms with Crippen molar-refractivity contribution in [3.63, 3.8) is 0 Å². The second-order valence-corrected chi connectivity index (χ2v) is 6.86. The van der Waals surface area contributed by atoms with Crippen molar-refractivity contribution in [3.8, 4) is 0 Å². The van der Waals surface area contributed by atoms with Gasteiger partial charge in [-0.15, -0.1) is 0 Å². The minimum absolute atomic E-state index is 0.252. The quantitative estimate of drug-likeness (QED) is 0.703. The molecule has 0 radical (unpaired) electrons. The number of carbonyl (C=O) groups excluding carboxylic acids is 1. The van der Waals surface area contributed by atoms with Gasteiger partial charge in [-0.25, -0.2) is 0 Å². The molecule has 4 rings (SSSR count). The van der Waals surface area contributed by atoms with Crippen molar-refractivity contribution in [1.29, 1.82) is 0 Å². The fourth-order valence-corrected chi connectivity index (χ4v) is 3.54. The molecule has 130 valence electrons. The molecule has 1 aliphatic heterocycles. The van der Waals surface area contributed by atoms with Gasteiger partial charge in [0.25, 0.3) is 0 Å². The molecule has 1 aromatic heterocycles. The minimum Gasteiger partial charge on any atom is -0.367 e. The summed E-state index contributed by atoms with van der Waals surface area (Å²) in [5, 5.41) is 0. The van der Waals surface area contributed by atoms with E-state index < -0.39 is 0 Å². The number of Topliss-reactive ketones (excluding diaryl/α,β-unsaturated/α-hetero) is 1. The summed E-state index contributed by atoms with van der Waals surface area (Å²) in [6.07, 6.45) is 5.88. The summed E-state index contributed by atoms with van der Waals surface area (Å²) in [5.41, 5.74) is 6.07. The van der Waals surface area contributed by atoms with Crippen molar-refractivity contribution in [2.24, 2.45) is 0 Å². The molecule has 2 heterocycles. The zero-order valence-corrected chi connectivity index (χ0v) is 14.8. The molecule has 0 fully saturated rings. The van der Waals surface area contributed by atoms with Gasteiger partial charge in [0, 0.05) is 44.0 Å². The lowest BCUT2D eigenvalue weighted by Crippen LogP contribution is -2.30. The van der Waals surface area contributed by atoms with Gasteiger partial charge in [0.15, 0.2) is 0 Å². The maximum atomic E-state index is 12.3. The third-order valence-electron chi connectivity index (χ3n) is 4.96. The van der Waals surface area contributed by atoms with Gasteiger partial charge < -0.3 is 4.90 Å². The maximum Gasteiger partial charge on any atom is 0.141 e. The van der Waals surface area contributed by atoms with Crippen molar-refractivity contribution in [2.45, 2.75) is 25.8 Å². The molecule has 3 aromatic rings. The van der Waals surface area contributed by atoms with Gasteiger partial charge in [-0.3, -0.25) is 9.78 Å². The Morgan fingerprint density at radius 2 is 1.62 bits per heavy atom. The van der Waals surface area contributed by atoms with Gasteiger partial charge in [0.1, 0.15) is 5.78 Å². The SMILES string of the molecule is O=C(Cc1ccccc1)Cc1ccc(N2CCc3ccncc3C2)cc1. The minimum atomic E-state index is 0.252. The average molecular weight is 342 g/mol. The van der Waals surface area contributed by atoms with E-state index in [2.05, 4.69) is 40.2 Å². The Morgan fingerprint density at radius 1 is 0.885 bits per heavy atom. The molecular weight excluding hydrogens is 320 g/mol. The molecule has 0 aliphatic carbocycles. The first-order valence-corrected chi connectivity index (χ1v) is 9.09. The van der Waals surface area contributed by atoms with E-state index >= 15 is 0 Å². The number of fused-ring (bicyclic) bond motifs is 1. The van der Waals surface area contributed by atoms with E-state index in [0.717, 1.165) is 30.6 Å². The van der Waals surface area contributed by atoms with Crippen LogP contribution < -0.4 is 4.90 Å². The third kappa shape index (κ3) is 3.83. The standard InChI is InChI=1S/C23H22N2O/c26-23(14-18-4-2-1-3-5-18)15-19-6-8-22(9-7-19)25-13-11-20-10-12-24-16-21(20)17-25/h1-10,12,16H,11,13-15,17H2. The molecule has 3 nitrogen and oxygen atoms in total. The van der Waals surface area contributed by atoms with Crippen LogP contribution in [0.2, 0.25) is 0 Å². The van der Waals surface area contributed by atoms with E-state index in [1.54, 1.807) is 0 Å². The largest absolute Gasteiger partial charge is 0.367 e. The third-order valence-corrected chi connectivity index (χ3v) is 4.96. The molecule has 0 saturated heterocycles. The monoisotopic (exact) mass is 342 g/mol. The molecule has 2 aromatic carbocycles. The highest BCUT2D eigenvalue weighted by molar-refractivity contribution is 5.83. The van der Waals surface area contributed by atoms with Crippen LogP contribution in [-0.4, -0.2) is 17.3 Å². The zero-order chi connectivity index (χ0) is 17.8. The predicted octanol–water partition coefficient (Wildman–Crippen LogP) is 4.00. The molecular formula is C23H22N2O. The average Bonchev–Trinajstić information content (AvgIpc) is 2.69. The van der Waals surface area contributed by atoms with E-state index in [4.69, 9.17) is 0 Å². The molecule has 0 N–H and O–H groups in total. The van der Waals surface area contributed by atoms with E-state index in [1.165, 1.54) is 16.8 Å². The smallest absolute Gasteiger partial charge is 0.141 e. The first kappa shape index (κ1) is 16.5. The number of ketones is 1. The van der Waals surface area contributed by atoms with Crippen LogP contribution in [0.25, 0.3) is 0 Å². The summed E-state index contributed by atoms with van der Waals surface area (Å²) in [6, 6.07) is 20.5. The molecule has 0 unspecified atom stereocenters. The Bertz CT molecular complexity index is 888. The van der Waals surface area contributed by atoms with Gasteiger partial charge in [-0.05, 0) is 46.9 Å². The van der Waals surface area contributed by atoms with Crippen molar-refractivity contribution < 1.29 is 4.79 Å². The Hall–Kier alpha value is -2.94. The van der Waals surface area contributed by atoms with Crippen LogP contribution in [0, 0.1) is 0 Å². The number of carbonyl (C=O) groups is 1. The Balaban J connectivity index is 1.39. The van der Waals surface area contributed by atoms with Crippen molar-refractivity contribution in [2.75, 3.05) is 11.4 Å². The van der Waals surface area contributed by atoms with Crippen LogP contribution in [0.1, 0.15) is 22.3 Å². The highest BCUT2D eigenvalue weighted by Crippen LogP contribution is 2.24. The summed E-state index contributed by atoms with van der Waals surface area (Å²) in [4.78, 5) is 18.9. The number of aromatic nitrogens is 1. The van der Waals surface area contributed by atoms with Crippen LogP contribution in [0.4, 0.5) is 5.69 Å². The van der Waals surface area contributed by atoms with Crippen LogP contribution in [0.5, 0.6) is 0 Å². The lowest BCUT2D eigenvalue weighted by molar-refractivity contribution is -0.117. The van der Waals surface area contributed by atoms with E-state index in [9.17, 15) is 4.79 Å². The fraction of sp³-hybridized carbons (Fsp3) is 0.217. The van der Waals surface area contributed by atoms with Gasteiger partial charge in [0.05, 0.1) is 0 Å².